The molecule has 0 fully saturated rings. The number of carbonyl (C=O) groups excluding carboxylic acids is 1. The molecule has 1 aliphatic rings. The lowest BCUT2D eigenvalue weighted by molar-refractivity contribution is 0.0598. The smallest absolute Gasteiger partial charge is 0.338 e. The van der Waals surface area contributed by atoms with Crippen LogP contribution in [0.25, 0.3) is 0 Å². The van der Waals surface area contributed by atoms with Gasteiger partial charge in [-0.05, 0) is 36.7 Å². The summed E-state index contributed by atoms with van der Waals surface area (Å²) in [6, 6.07) is 3.65. The van der Waals surface area contributed by atoms with Gasteiger partial charge in [-0.3, -0.25) is 0 Å². The summed E-state index contributed by atoms with van der Waals surface area (Å²) in [4.78, 5) is 13.8. The van der Waals surface area contributed by atoms with Gasteiger partial charge >= 0.3 is 5.97 Å². The normalized spacial score (nSPS) is 15.6. The second-order valence-corrected chi connectivity index (χ2v) is 4.19. The first-order chi connectivity index (χ1) is 7.61. The molecule has 1 heterocycles. The van der Waals surface area contributed by atoms with Crippen molar-refractivity contribution in [2.24, 2.45) is 0 Å². The Kier molecular flexibility index (Phi) is 2.83. The minimum absolute atomic E-state index is 0.307. The summed E-state index contributed by atoms with van der Waals surface area (Å²) in [6.07, 6.45) is 0.931. The quantitative estimate of drug-likeness (QED) is 0.567. The number of nitrogens with two attached hydrogens (primary N) is 1. The zero-order chi connectivity index (χ0) is 11.7. The number of likely N-dealkylation sites (N-methyl/N-ethyl adjacent to an activating group) is 1. The number of carbonyl (C=O) groups is 1. The molecule has 0 saturated heterocycles. The Hall–Kier alpha value is -1.55. The molecule has 1 aromatic carbocycles. The summed E-state index contributed by atoms with van der Waals surface area (Å²) in [5.41, 5.74) is 9.23. The Morgan fingerprint density at radius 3 is 2.94 bits per heavy atom. The summed E-state index contributed by atoms with van der Waals surface area (Å²) >= 11 is 0. The number of ether oxygens (including phenoxy) is 1. The van der Waals surface area contributed by atoms with Gasteiger partial charge in [0, 0.05) is 18.8 Å². The van der Waals surface area contributed by atoms with Gasteiger partial charge in [-0.15, -0.1) is 0 Å². The molecule has 0 bridgehead atoms. The molecule has 0 saturated carbocycles. The van der Waals surface area contributed by atoms with E-state index in [2.05, 4.69) is 4.90 Å². The number of esters is 1. The van der Waals surface area contributed by atoms with Crippen LogP contribution in [0.5, 0.6) is 0 Å². The molecular weight excluding hydrogens is 204 g/mol. The second kappa shape index (κ2) is 4.14. The van der Waals surface area contributed by atoms with Crippen molar-refractivity contribution in [1.82, 2.24) is 4.90 Å². The molecule has 86 valence electrons. The lowest BCUT2D eigenvalue weighted by atomic mass is 9.94. The van der Waals surface area contributed by atoms with Crippen molar-refractivity contribution in [2.75, 3.05) is 26.4 Å². The van der Waals surface area contributed by atoms with Gasteiger partial charge in [0.2, 0.25) is 0 Å². The number of methoxy groups -OCH3 is 1. The van der Waals surface area contributed by atoms with Gasteiger partial charge in [-0.2, -0.15) is 0 Å². The molecule has 4 heteroatoms. The third-order valence-corrected chi connectivity index (χ3v) is 2.96. The average molecular weight is 220 g/mol. The van der Waals surface area contributed by atoms with Crippen molar-refractivity contribution < 1.29 is 9.53 Å². The average Bonchev–Trinajstić information content (AvgIpc) is 2.27. The molecule has 0 aliphatic carbocycles. The molecule has 0 spiro atoms. The highest BCUT2D eigenvalue weighted by molar-refractivity contribution is 5.92. The molecule has 0 aromatic heterocycles. The van der Waals surface area contributed by atoms with E-state index in [9.17, 15) is 4.79 Å². The molecule has 1 aromatic rings. The molecule has 2 N–H and O–H groups in total. The highest BCUT2D eigenvalue weighted by Gasteiger charge is 2.21. The van der Waals surface area contributed by atoms with Crippen LogP contribution in [0.4, 0.5) is 5.69 Å². The van der Waals surface area contributed by atoms with Gasteiger partial charge in [0.15, 0.2) is 0 Å². The van der Waals surface area contributed by atoms with Crippen LogP contribution in [-0.4, -0.2) is 31.6 Å². The molecule has 16 heavy (non-hydrogen) atoms. The molecule has 0 unspecified atom stereocenters. The van der Waals surface area contributed by atoms with Crippen LogP contribution in [0.15, 0.2) is 12.1 Å². The zero-order valence-electron chi connectivity index (χ0n) is 9.62. The maximum atomic E-state index is 11.6. The highest BCUT2D eigenvalue weighted by atomic mass is 16.5. The number of hydrogen-bond donors (Lipinski definition) is 1. The van der Waals surface area contributed by atoms with Crippen molar-refractivity contribution >= 4 is 11.7 Å². The molecule has 4 nitrogen and oxygen atoms in total. The predicted molar refractivity (Wildman–Crippen MR) is 62.2 cm³/mol. The fourth-order valence-electron chi connectivity index (χ4n) is 2.12. The summed E-state index contributed by atoms with van der Waals surface area (Å²) in [6.45, 7) is 1.77. The van der Waals surface area contributed by atoms with Crippen molar-refractivity contribution in [3.63, 3.8) is 0 Å². The monoisotopic (exact) mass is 220 g/mol. The van der Waals surface area contributed by atoms with E-state index in [1.165, 1.54) is 12.7 Å². The van der Waals surface area contributed by atoms with E-state index in [1.54, 1.807) is 6.07 Å². The van der Waals surface area contributed by atoms with Crippen LogP contribution in [0.2, 0.25) is 0 Å². The summed E-state index contributed by atoms with van der Waals surface area (Å²) in [5.74, 6) is -0.307. The topological polar surface area (TPSA) is 55.6 Å². The Labute approximate surface area is 95.0 Å². The summed E-state index contributed by atoms with van der Waals surface area (Å²) in [5, 5.41) is 0. The van der Waals surface area contributed by atoms with Crippen molar-refractivity contribution in [3.05, 3.63) is 28.8 Å². The van der Waals surface area contributed by atoms with Gasteiger partial charge < -0.3 is 15.4 Å². The minimum Gasteiger partial charge on any atom is -0.465 e. The third-order valence-electron chi connectivity index (χ3n) is 2.96. The number of anilines is 1. The Morgan fingerprint density at radius 1 is 1.50 bits per heavy atom. The lowest BCUT2D eigenvalue weighted by Crippen LogP contribution is -2.28. The van der Waals surface area contributed by atoms with Crippen molar-refractivity contribution in [1.29, 1.82) is 0 Å². The van der Waals surface area contributed by atoms with Gasteiger partial charge in [0.1, 0.15) is 0 Å². The van der Waals surface area contributed by atoms with E-state index in [-0.39, 0.29) is 5.97 Å². The standard InChI is InChI=1S/C12H16N2O2/c1-14-4-3-8-5-9(13)6-10(11(8)7-14)12(15)16-2/h5-6H,3-4,7,13H2,1-2H3. The van der Waals surface area contributed by atoms with Crippen molar-refractivity contribution in [3.8, 4) is 0 Å². The lowest BCUT2D eigenvalue weighted by Gasteiger charge is -2.26. The van der Waals surface area contributed by atoms with E-state index < -0.39 is 0 Å². The van der Waals surface area contributed by atoms with Gasteiger partial charge in [-0.25, -0.2) is 4.79 Å². The largest absolute Gasteiger partial charge is 0.465 e. The SMILES string of the molecule is COC(=O)c1cc(N)cc2c1CN(C)CC2. The van der Waals surface area contributed by atoms with E-state index in [4.69, 9.17) is 10.5 Å². The number of benzene rings is 1. The van der Waals surface area contributed by atoms with Crippen LogP contribution in [-0.2, 0) is 17.7 Å². The number of hydrogen-bond acceptors (Lipinski definition) is 4. The first-order valence-corrected chi connectivity index (χ1v) is 5.30. The highest BCUT2D eigenvalue weighted by Crippen LogP contribution is 2.25. The fraction of sp³-hybridized carbons (Fsp3) is 0.417. The summed E-state index contributed by atoms with van der Waals surface area (Å²) in [7, 11) is 3.44. The zero-order valence-corrected chi connectivity index (χ0v) is 9.62. The summed E-state index contributed by atoms with van der Waals surface area (Å²) < 4.78 is 4.78. The van der Waals surface area contributed by atoms with Crippen LogP contribution in [0, 0.1) is 0 Å². The Balaban J connectivity index is 2.51. The van der Waals surface area contributed by atoms with E-state index in [0.29, 0.717) is 11.3 Å². The maximum absolute atomic E-state index is 11.6. The molecule has 1 aliphatic heterocycles. The molecule has 0 atom stereocenters. The molecule has 0 amide bonds. The third kappa shape index (κ3) is 1.88. The molecule has 0 radical (unpaired) electrons. The number of nitrogens with zero attached hydrogens (tertiary/aromatic N) is 1. The fourth-order valence-corrected chi connectivity index (χ4v) is 2.12. The van der Waals surface area contributed by atoms with Crippen LogP contribution in [0.1, 0.15) is 21.5 Å². The van der Waals surface area contributed by atoms with Gasteiger partial charge in [-0.1, -0.05) is 0 Å². The number of rotatable bonds is 1. The van der Waals surface area contributed by atoms with Crippen LogP contribution < -0.4 is 5.73 Å². The number of nitrogen functional groups attached to an aromatic ring is 1. The van der Waals surface area contributed by atoms with E-state index >= 15 is 0 Å². The molecule has 2 rings (SSSR count). The Morgan fingerprint density at radius 2 is 2.25 bits per heavy atom. The predicted octanol–water partition coefficient (Wildman–Crippen LogP) is 1.04. The van der Waals surface area contributed by atoms with E-state index in [1.807, 2.05) is 13.1 Å². The number of fused-ring (bicyclic) bond motifs is 1. The van der Waals surface area contributed by atoms with Crippen LogP contribution in [0.3, 0.4) is 0 Å². The van der Waals surface area contributed by atoms with Crippen LogP contribution >= 0.6 is 0 Å². The van der Waals surface area contributed by atoms with Crippen molar-refractivity contribution in [2.45, 2.75) is 13.0 Å². The van der Waals surface area contributed by atoms with Gasteiger partial charge in [0.05, 0.1) is 12.7 Å². The molecular formula is C12H16N2O2. The van der Waals surface area contributed by atoms with E-state index in [0.717, 1.165) is 25.1 Å². The second-order valence-electron chi connectivity index (χ2n) is 4.19. The minimum atomic E-state index is -0.307. The first kappa shape index (κ1) is 11.0. The first-order valence-electron chi connectivity index (χ1n) is 5.30. The Bertz CT molecular complexity index is 429. The maximum Gasteiger partial charge on any atom is 0.338 e. The van der Waals surface area contributed by atoms with Gasteiger partial charge in [0.25, 0.3) is 0 Å².